The molecule has 0 saturated heterocycles. The molecule has 1 amide bonds. The van der Waals surface area contributed by atoms with Gasteiger partial charge in [-0.3, -0.25) is 4.79 Å². The SMILES string of the molecule is CC(C(=O)NC12CC3CC(CC(C3)C1)C2)N1CCc2ccccc21. The van der Waals surface area contributed by atoms with Gasteiger partial charge in [-0.05, 0) is 81.3 Å². The number of hydrogen-bond acceptors (Lipinski definition) is 2. The Hall–Kier alpha value is -1.51. The van der Waals surface area contributed by atoms with Crippen LogP contribution in [-0.4, -0.2) is 24.0 Å². The molecule has 1 N–H and O–H groups in total. The molecule has 6 rings (SSSR count). The topological polar surface area (TPSA) is 32.3 Å². The lowest BCUT2D eigenvalue weighted by Crippen LogP contribution is -2.62. The van der Waals surface area contributed by atoms with Crippen LogP contribution in [0.3, 0.4) is 0 Å². The van der Waals surface area contributed by atoms with Crippen molar-refractivity contribution in [3.63, 3.8) is 0 Å². The standard InChI is InChI=1S/C21H28N2O/c1-14(23-7-6-18-4-2-3-5-19(18)23)20(24)22-21-11-15-8-16(12-21)10-17(9-15)13-21/h2-5,14-17H,6-13H2,1H3,(H,22,24). The zero-order valence-corrected chi connectivity index (χ0v) is 14.6. The summed E-state index contributed by atoms with van der Waals surface area (Å²) in [6, 6.07) is 8.47. The number of amides is 1. The van der Waals surface area contributed by atoms with Gasteiger partial charge in [-0.15, -0.1) is 0 Å². The van der Waals surface area contributed by atoms with E-state index in [1.54, 1.807) is 0 Å². The molecule has 4 fully saturated rings. The van der Waals surface area contributed by atoms with E-state index in [0.29, 0.717) is 0 Å². The van der Waals surface area contributed by atoms with Gasteiger partial charge in [0.05, 0.1) is 0 Å². The number of carbonyl (C=O) groups excluding carboxylic acids is 1. The Morgan fingerprint density at radius 1 is 1.12 bits per heavy atom. The zero-order chi connectivity index (χ0) is 16.3. The van der Waals surface area contributed by atoms with Crippen LogP contribution in [0.1, 0.15) is 51.0 Å². The van der Waals surface area contributed by atoms with Gasteiger partial charge in [0.15, 0.2) is 0 Å². The lowest BCUT2D eigenvalue weighted by atomic mass is 9.53. The van der Waals surface area contributed by atoms with Gasteiger partial charge in [-0.2, -0.15) is 0 Å². The Balaban J connectivity index is 1.32. The van der Waals surface area contributed by atoms with Crippen molar-refractivity contribution in [1.82, 2.24) is 5.32 Å². The third-order valence-electron chi connectivity index (χ3n) is 7.20. The maximum atomic E-state index is 13.1. The highest BCUT2D eigenvalue weighted by atomic mass is 16.2. The summed E-state index contributed by atoms with van der Waals surface area (Å²) in [5, 5.41) is 3.55. The quantitative estimate of drug-likeness (QED) is 0.922. The lowest BCUT2D eigenvalue weighted by Gasteiger charge is -2.57. The molecule has 5 aliphatic rings. The highest BCUT2D eigenvalue weighted by Crippen LogP contribution is 2.55. The number of hydrogen-bond donors (Lipinski definition) is 1. The molecule has 24 heavy (non-hydrogen) atoms. The zero-order valence-electron chi connectivity index (χ0n) is 14.6. The number of benzene rings is 1. The van der Waals surface area contributed by atoms with E-state index >= 15 is 0 Å². The highest BCUT2D eigenvalue weighted by molar-refractivity contribution is 5.86. The number of nitrogens with one attached hydrogen (secondary N) is 1. The molecule has 1 unspecified atom stereocenters. The summed E-state index contributed by atoms with van der Waals surface area (Å²) in [5.41, 5.74) is 2.76. The fourth-order valence-electron chi connectivity index (χ4n) is 6.54. The minimum atomic E-state index is -0.0679. The molecule has 0 radical (unpaired) electrons. The predicted octanol–water partition coefficient (Wildman–Crippen LogP) is 3.52. The van der Waals surface area contributed by atoms with E-state index in [4.69, 9.17) is 0 Å². The number of nitrogens with zero attached hydrogens (tertiary/aromatic N) is 1. The molecule has 1 aromatic carbocycles. The normalized spacial score (nSPS) is 37.4. The monoisotopic (exact) mass is 324 g/mol. The van der Waals surface area contributed by atoms with Crippen LogP contribution in [-0.2, 0) is 11.2 Å². The second-order valence-electron chi connectivity index (χ2n) is 8.94. The van der Waals surface area contributed by atoms with Gasteiger partial charge in [-0.1, -0.05) is 18.2 Å². The van der Waals surface area contributed by atoms with E-state index < -0.39 is 0 Å². The molecule has 128 valence electrons. The highest BCUT2D eigenvalue weighted by Gasteiger charge is 2.51. The molecule has 4 bridgehead atoms. The summed E-state index contributed by atoms with van der Waals surface area (Å²) in [5.74, 6) is 2.87. The molecule has 0 spiro atoms. The van der Waals surface area contributed by atoms with Crippen LogP contribution in [0.5, 0.6) is 0 Å². The summed E-state index contributed by atoms with van der Waals surface area (Å²) in [7, 11) is 0. The third-order valence-corrected chi connectivity index (χ3v) is 7.20. The number of para-hydroxylation sites is 1. The summed E-state index contributed by atoms with van der Waals surface area (Å²) < 4.78 is 0. The van der Waals surface area contributed by atoms with Crippen LogP contribution >= 0.6 is 0 Å². The molecule has 4 aliphatic carbocycles. The number of rotatable bonds is 3. The Kier molecular flexibility index (Phi) is 3.23. The first-order valence-electron chi connectivity index (χ1n) is 9.78. The molecular weight excluding hydrogens is 296 g/mol. The largest absolute Gasteiger partial charge is 0.359 e. The number of carbonyl (C=O) groups is 1. The van der Waals surface area contributed by atoms with E-state index in [2.05, 4.69) is 41.4 Å². The fourth-order valence-corrected chi connectivity index (χ4v) is 6.54. The van der Waals surface area contributed by atoms with Gasteiger partial charge in [0.2, 0.25) is 5.91 Å². The summed E-state index contributed by atoms with van der Waals surface area (Å²) in [4.78, 5) is 15.4. The van der Waals surface area contributed by atoms with Gasteiger partial charge in [0, 0.05) is 17.8 Å². The smallest absolute Gasteiger partial charge is 0.242 e. The van der Waals surface area contributed by atoms with Crippen molar-refractivity contribution in [2.45, 2.75) is 63.5 Å². The van der Waals surface area contributed by atoms with Crippen molar-refractivity contribution in [2.75, 3.05) is 11.4 Å². The summed E-state index contributed by atoms with van der Waals surface area (Å²) >= 11 is 0. The molecule has 4 saturated carbocycles. The van der Waals surface area contributed by atoms with Crippen LogP contribution in [0.4, 0.5) is 5.69 Å². The third kappa shape index (κ3) is 2.28. The second-order valence-corrected chi connectivity index (χ2v) is 8.94. The first-order valence-corrected chi connectivity index (χ1v) is 9.78. The minimum absolute atomic E-state index is 0.0679. The fraction of sp³-hybridized carbons (Fsp3) is 0.667. The van der Waals surface area contributed by atoms with Crippen molar-refractivity contribution in [3.8, 4) is 0 Å². The van der Waals surface area contributed by atoms with Crippen molar-refractivity contribution in [3.05, 3.63) is 29.8 Å². The van der Waals surface area contributed by atoms with Crippen molar-refractivity contribution in [1.29, 1.82) is 0 Å². The minimum Gasteiger partial charge on any atom is -0.359 e. The molecular formula is C21H28N2O. The Morgan fingerprint density at radius 2 is 1.75 bits per heavy atom. The van der Waals surface area contributed by atoms with Gasteiger partial charge in [-0.25, -0.2) is 0 Å². The van der Waals surface area contributed by atoms with Crippen molar-refractivity contribution in [2.24, 2.45) is 17.8 Å². The maximum absolute atomic E-state index is 13.1. The van der Waals surface area contributed by atoms with Gasteiger partial charge in [0.25, 0.3) is 0 Å². The first-order chi connectivity index (χ1) is 11.6. The second kappa shape index (κ2) is 5.24. The van der Waals surface area contributed by atoms with Gasteiger partial charge in [0.1, 0.15) is 6.04 Å². The Bertz CT molecular complexity index is 632. The molecule has 3 nitrogen and oxygen atoms in total. The molecule has 1 heterocycles. The molecule has 0 aromatic heterocycles. The summed E-state index contributed by atoms with van der Waals surface area (Å²) in [6.07, 6.45) is 9.01. The van der Waals surface area contributed by atoms with E-state index in [0.717, 1.165) is 30.7 Å². The van der Waals surface area contributed by atoms with Crippen LogP contribution < -0.4 is 10.2 Å². The number of fused-ring (bicyclic) bond motifs is 1. The average molecular weight is 324 g/mol. The van der Waals surface area contributed by atoms with E-state index in [9.17, 15) is 4.79 Å². The van der Waals surface area contributed by atoms with E-state index in [1.807, 2.05) is 0 Å². The average Bonchev–Trinajstić information content (AvgIpc) is 2.96. The Morgan fingerprint density at radius 3 is 2.42 bits per heavy atom. The number of anilines is 1. The molecule has 1 aliphatic heterocycles. The summed E-state index contributed by atoms with van der Waals surface area (Å²) in [6.45, 7) is 3.05. The van der Waals surface area contributed by atoms with Crippen LogP contribution in [0, 0.1) is 17.8 Å². The van der Waals surface area contributed by atoms with Crippen molar-refractivity contribution >= 4 is 11.6 Å². The molecule has 1 aromatic rings. The Labute approximate surface area is 144 Å². The molecule has 1 atom stereocenters. The lowest BCUT2D eigenvalue weighted by molar-refractivity contribution is -0.127. The van der Waals surface area contributed by atoms with Gasteiger partial charge < -0.3 is 10.2 Å². The van der Waals surface area contributed by atoms with Crippen LogP contribution in [0.25, 0.3) is 0 Å². The first kappa shape index (κ1) is 14.8. The van der Waals surface area contributed by atoms with Gasteiger partial charge >= 0.3 is 0 Å². The molecule has 3 heteroatoms. The van der Waals surface area contributed by atoms with E-state index in [1.165, 1.54) is 49.8 Å². The van der Waals surface area contributed by atoms with Crippen molar-refractivity contribution < 1.29 is 4.79 Å². The predicted molar refractivity (Wildman–Crippen MR) is 96.0 cm³/mol. The van der Waals surface area contributed by atoms with Crippen LogP contribution in [0.2, 0.25) is 0 Å². The maximum Gasteiger partial charge on any atom is 0.242 e. The van der Waals surface area contributed by atoms with E-state index in [-0.39, 0.29) is 17.5 Å². The van der Waals surface area contributed by atoms with Crippen LogP contribution in [0.15, 0.2) is 24.3 Å².